The standard InChI is InChI=1S/C10H13INO3/c1-3-7-5-4-6-8(10(11,13)14)9(7)12(2)15/h4-6,13-14H,3H2,1-2H3/q-1. The minimum atomic E-state index is -2.02. The molecule has 0 spiro atoms. The van der Waals surface area contributed by atoms with Crippen LogP contribution in [0.4, 0.5) is 5.69 Å². The molecule has 0 bridgehead atoms. The van der Waals surface area contributed by atoms with E-state index in [9.17, 15) is 15.4 Å². The largest absolute Gasteiger partial charge is 0.758 e. The van der Waals surface area contributed by atoms with Crippen LogP contribution in [0.5, 0.6) is 0 Å². The van der Waals surface area contributed by atoms with Gasteiger partial charge in [-0.1, -0.05) is 25.1 Å². The minimum Gasteiger partial charge on any atom is -0.758 e. The summed E-state index contributed by atoms with van der Waals surface area (Å²) in [5.41, 5.74) is 1.36. The van der Waals surface area contributed by atoms with Gasteiger partial charge in [-0.05, 0) is 41.6 Å². The Morgan fingerprint density at radius 3 is 2.47 bits per heavy atom. The molecule has 0 radical (unpaired) electrons. The van der Waals surface area contributed by atoms with E-state index in [1.807, 2.05) is 6.92 Å². The summed E-state index contributed by atoms with van der Waals surface area (Å²) in [7, 11) is 1.35. The fourth-order valence-corrected chi connectivity index (χ4v) is 1.94. The highest BCUT2D eigenvalue weighted by molar-refractivity contribution is 14.1. The Kier molecular flexibility index (Phi) is 3.93. The summed E-state index contributed by atoms with van der Waals surface area (Å²) in [4.78, 5) is 0. The van der Waals surface area contributed by atoms with E-state index >= 15 is 0 Å². The number of benzene rings is 1. The molecule has 1 aromatic rings. The van der Waals surface area contributed by atoms with Gasteiger partial charge >= 0.3 is 0 Å². The van der Waals surface area contributed by atoms with Crippen LogP contribution in [0.1, 0.15) is 18.1 Å². The van der Waals surface area contributed by atoms with Gasteiger partial charge in [-0.15, -0.1) is 0 Å². The molecule has 2 N–H and O–H groups in total. The second-order valence-corrected chi connectivity index (χ2v) is 4.76. The third-order valence-corrected chi connectivity index (χ3v) is 2.74. The van der Waals surface area contributed by atoms with E-state index in [-0.39, 0.29) is 5.56 Å². The Hall–Kier alpha value is -0.370. The Morgan fingerprint density at radius 1 is 1.47 bits per heavy atom. The molecule has 1 aromatic carbocycles. The van der Waals surface area contributed by atoms with Crippen molar-refractivity contribution < 1.29 is 10.2 Å². The summed E-state index contributed by atoms with van der Waals surface area (Å²) in [5, 5.41) is 31.1. The van der Waals surface area contributed by atoms with E-state index in [1.54, 1.807) is 12.1 Å². The first-order chi connectivity index (χ1) is 6.88. The summed E-state index contributed by atoms with van der Waals surface area (Å²) < 4.78 is -2.02. The molecule has 4 nitrogen and oxygen atoms in total. The van der Waals surface area contributed by atoms with Crippen LogP contribution >= 0.6 is 22.6 Å². The minimum absolute atomic E-state index is 0.222. The van der Waals surface area contributed by atoms with Gasteiger partial charge in [0.15, 0.2) is 0 Å². The summed E-state index contributed by atoms with van der Waals surface area (Å²) in [6.07, 6.45) is 0.669. The molecule has 0 aliphatic carbocycles. The highest BCUT2D eigenvalue weighted by Gasteiger charge is 2.25. The molecule has 15 heavy (non-hydrogen) atoms. The Bertz CT molecular complexity index is 347. The number of rotatable bonds is 3. The summed E-state index contributed by atoms with van der Waals surface area (Å²) in [6.45, 7) is 1.91. The van der Waals surface area contributed by atoms with Gasteiger partial charge < -0.3 is 20.5 Å². The molecule has 0 aliphatic heterocycles. The molecule has 0 heterocycles. The lowest BCUT2D eigenvalue weighted by Crippen LogP contribution is -2.21. The molecule has 0 aromatic heterocycles. The molecule has 5 heteroatoms. The molecule has 0 fully saturated rings. The van der Waals surface area contributed by atoms with Gasteiger partial charge in [0.05, 0.1) is 0 Å². The lowest BCUT2D eigenvalue weighted by molar-refractivity contribution is -0.0627. The number of anilines is 1. The van der Waals surface area contributed by atoms with E-state index in [4.69, 9.17) is 0 Å². The van der Waals surface area contributed by atoms with E-state index in [1.165, 1.54) is 35.7 Å². The number of hydroxylamine groups is 1. The average molecular weight is 322 g/mol. The van der Waals surface area contributed by atoms with Crippen LogP contribution in [0.15, 0.2) is 18.2 Å². The number of para-hydroxylation sites is 1. The number of alkyl halides is 1. The average Bonchev–Trinajstić information content (AvgIpc) is 2.15. The predicted molar refractivity (Wildman–Crippen MR) is 67.7 cm³/mol. The maximum Gasteiger partial charge on any atom is 0.245 e. The van der Waals surface area contributed by atoms with Crippen LogP contribution in [-0.4, -0.2) is 17.3 Å². The van der Waals surface area contributed by atoms with Crippen LogP contribution in [0.25, 0.3) is 0 Å². The SMILES string of the molecule is CCc1cccc(C(O)(O)I)c1N(C)[O-]. The van der Waals surface area contributed by atoms with Gasteiger partial charge in [-0.25, -0.2) is 0 Å². The molecule has 84 valence electrons. The number of hydrogen-bond acceptors (Lipinski definition) is 4. The monoisotopic (exact) mass is 322 g/mol. The van der Waals surface area contributed by atoms with Crippen molar-refractivity contribution in [1.29, 1.82) is 0 Å². The summed E-state index contributed by atoms with van der Waals surface area (Å²) >= 11 is 1.48. The zero-order valence-electron chi connectivity index (χ0n) is 8.57. The third-order valence-electron chi connectivity index (χ3n) is 2.16. The normalized spacial score (nSPS) is 11.6. The second-order valence-electron chi connectivity index (χ2n) is 3.25. The fraction of sp³-hybridized carbons (Fsp3) is 0.400. The number of halogens is 1. The first-order valence-corrected chi connectivity index (χ1v) is 5.62. The number of hydrogen-bond donors (Lipinski definition) is 2. The van der Waals surface area contributed by atoms with Gasteiger partial charge in [0.1, 0.15) is 0 Å². The van der Waals surface area contributed by atoms with Crippen molar-refractivity contribution in [1.82, 2.24) is 0 Å². The Morgan fingerprint density at radius 2 is 2.07 bits per heavy atom. The highest BCUT2D eigenvalue weighted by atomic mass is 127. The number of aliphatic hydroxyl groups is 2. The zero-order chi connectivity index (χ0) is 11.6. The second kappa shape index (κ2) is 4.65. The van der Waals surface area contributed by atoms with E-state index in [0.29, 0.717) is 17.2 Å². The lowest BCUT2D eigenvalue weighted by Gasteiger charge is -2.32. The Balaban J connectivity index is 3.39. The van der Waals surface area contributed by atoms with Crippen molar-refractivity contribution in [2.24, 2.45) is 0 Å². The molecule has 0 amide bonds. The van der Waals surface area contributed by atoms with Crippen molar-refractivity contribution in [3.8, 4) is 0 Å². The fourth-order valence-electron chi connectivity index (χ4n) is 1.51. The van der Waals surface area contributed by atoms with E-state index in [0.717, 1.165) is 5.56 Å². The molecule has 0 saturated heterocycles. The van der Waals surface area contributed by atoms with Gasteiger partial charge in [0, 0.05) is 11.3 Å². The van der Waals surface area contributed by atoms with Crippen LogP contribution in [-0.2, 0) is 10.2 Å². The Labute approximate surface area is 102 Å². The van der Waals surface area contributed by atoms with Gasteiger partial charge in [0.2, 0.25) is 3.79 Å². The molecule has 0 saturated carbocycles. The van der Waals surface area contributed by atoms with E-state index in [2.05, 4.69) is 0 Å². The van der Waals surface area contributed by atoms with Gasteiger partial charge in [-0.2, -0.15) is 0 Å². The van der Waals surface area contributed by atoms with Crippen LogP contribution in [0.3, 0.4) is 0 Å². The van der Waals surface area contributed by atoms with Crippen molar-refractivity contribution >= 4 is 28.3 Å². The smallest absolute Gasteiger partial charge is 0.245 e. The topological polar surface area (TPSA) is 66.8 Å². The van der Waals surface area contributed by atoms with Crippen molar-refractivity contribution in [2.75, 3.05) is 12.1 Å². The summed E-state index contributed by atoms with van der Waals surface area (Å²) in [6, 6.07) is 5.05. The van der Waals surface area contributed by atoms with E-state index < -0.39 is 3.79 Å². The quantitative estimate of drug-likeness (QED) is 0.385. The summed E-state index contributed by atoms with van der Waals surface area (Å²) in [5.74, 6) is 0. The first kappa shape index (κ1) is 12.7. The van der Waals surface area contributed by atoms with Gasteiger partial charge in [-0.3, -0.25) is 0 Å². The van der Waals surface area contributed by atoms with Crippen molar-refractivity contribution in [3.05, 3.63) is 34.5 Å². The molecule has 0 aliphatic rings. The molecular weight excluding hydrogens is 309 g/mol. The van der Waals surface area contributed by atoms with Gasteiger partial charge in [0.25, 0.3) is 0 Å². The van der Waals surface area contributed by atoms with Crippen LogP contribution in [0.2, 0.25) is 0 Å². The van der Waals surface area contributed by atoms with Crippen LogP contribution in [0, 0.1) is 5.21 Å². The predicted octanol–water partition coefficient (Wildman–Crippen LogP) is 1.71. The van der Waals surface area contributed by atoms with Crippen molar-refractivity contribution in [2.45, 2.75) is 17.1 Å². The number of nitrogens with zero attached hydrogens (tertiary/aromatic N) is 1. The molecular formula is C10H13INO3-. The molecule has 0 unspecified atom stereocenters. The first-order valence-electron chi connectivity index (χ1n) is 4.54. The number of aryl methyl sites for hydroxylation is 1. The molecule has 0 atom stereocenters. The molecule has 1 rings (SSSR count). The third kappa shape index (κ3) is 2.81. The van der Waals surface area contributed by atoms with Crippen LogP contribution < -0.4 is 5.06 Å². The lowest BCUT2D eigenvalue weighted by atomic mass is 10.0. The highest BCUT2D eigenvalue weighted by Crippen LogP contribution is 2.35. The zero-order valence-corrected chi connectivity index (χ0v) is 10.7. The van der Waals surface area contributed by atoms with Crippen molar-refractivity contribution in [3.63, 3.8) is 0 Å². The maximum absolute atomic E-state index is 11.4. The maximum atomic E-state index is 11.4.